The van der Waals surface area contributed by atoms with Crippen molar-refractivity contribution >= 4 is 17.9 Å². The van der Waals surface area contributed by atoms with Gasteiger partial charge in [0, 0.05) is 19.3 Å². The standard InChI is InChI=1S/C55H78O6/c1-4-7-10-13-16-19-22-25-26-27-28-31-33-36-39-42-45-48-54(57)60-51-52(61-55(58)49-46-43-40-37-34-30-24-21-18-15-12-9-6-3)50-59-53(56)47-44-41-38-35-32-29-23-20-17-14-11-8-5-2/h7-34,52H,4-6,35-51H2,1-3H3/b10-7-,11-8-,12-9-,16-13-,17-14-,18-15-,22-19-,23-20-,24-21-,26-25-,28-27+,32-29-,33-31-,34-30-. The molecule has 0 heterocycles. The molecule has 6 heteroatoms. The summed E-state index contributed by atoms with van der Waals surface area (Å²) in [5.74, 6) is -1.08. The summed E-state index contributed by atoms with van der Waals surface area (Å²) in [5.41, 5.74) is 0. The predicted octanol–water partition coefficient (Wildman–Crippen LogP) is 14.9. The molecule has 0 rings (SSSR count). The van der Waals surface area contributed by atoms with E-state index in [1.807, 2.05) is 134 Å². The number of carbonyl (C=O) groups excluding carboxylic acids is 3. The zero-order valence-electron chi connectivity index (χ0n) is 37.8. The van der Waals surface area contributed by atoms with Crippen LogP contribution >= 0.6 is 0 Å². The van der Waals surface area contributed by atoms with Gasteiger partial charge in [-0.1, -0.05) is 210 Å². The fraction of sp³-hybridized carbons (Fsp3) is 0.436. The van der Waals surface area contributed by atoms with Crippen LogP contribution in [-0.2, 0) is 28.6 Å². The summed E-state index contributed by atoms with van der Waals surface area (Å²) in [6.07, 6.45) is 70.5. The maximum absolute atomic E-state index is 12.7. The molecular formula is C55H78O6. The SMILES string of the molecule is CC\C=C/C=C\C=C/C=C\C=C\C=C/CCCCCC(=O)OCC(COC(=O)CCCCC\C=C/C=C\C=C/C=C\CC)OC(=O)CCCCC\C=C/C=C\C=C/C=C\CC. The van der Waals surface area contributed by atoms with E-state index in [-0.39, 0.29) is 50.4 Å². The molecule has 0 bridgehead atoms. The Hall–Kier alpha value is -5.23. The van der Waals surface area contributed by atoms with Gasteiger partial charge in [0.25, 0.3) is 0 Å². The minimum Gasteiger partial charge on any atom is -0.462 e. The van der Waals surface area contributed by atoms with Gasteiger partial charge < -0.3 is 14.2 Å². The largest absolute Gasteiger partial charge is 0.462 e. The molecule has 0 aliphatic carbocycles. The van der Waals surface area contributed by atoms with Gasteiger partial charge in [-0.3, -0.25) is 14.4 Å². The lowest BCUT2D eigenvalue weighted by atomic mass is 10.1. The maximum Gasteiger partial charge on any atom is 0.306 e. The van der Waals surface area contributed by atoms with E-state index in [4.69, 9.17) is 14.2 Å². The van der Waals surface area contributed by atoms with Crippen LogP contribution < -0.4 is 0 Å². The number of hydrogen-bond donors (Lipinski definition) is 0. The van der Waals surface area contributed by atoms with Crippen molar-refractivity contribution in [2.75, 3.05) is 13.2 Å². The number of unbranched alkanes of at least 4 members (excludes halogenated alkanes) is 9. The molecule has 0 aromatic heterocycles. The Morgan fingerprint density at radius 3 is 0.885 bits per heavy atom. The van der Waals surface area contributed by atoms with Gasteiger partial charge in [-0.15, -0.1) is 0 Å². The number of allylic oxidation sites excluding steroid dienone is 28. The Balaban J connectivity index is 4.66. The fourth-order valence-corrected chi connectivity index (χ4v) is 5.20. The molecule has 0 spiro atoms. The highest BCUT2D eigenvalue weighted by molar-refractivity contribution is 5.71. The summed E-state index contributed by atoms with van der Waals surface area (Å²) >= 11 is 0. The quantitative estimate of drug-likeness (QED) is 0.0268. The van der Waals surface area contributed by atoms with E-state index >= 15 is 0 Å². The molecular weight excluding hydrogens is 757 g/mol. The van der Waals surface area contributed by atoms with Crippen LogP contribution in [0, 0.1) is 0 Å². The molecule has 61 heavy (non-hydrogen) atoms. The Kier molecular flexibility index (Phi) is 43.4. The average molecular weight is 835 g/mol. The third kappa shape index (κ3) is 45.7. The Morgan fingerprint density at radius 1 is 0.328 bits per heavy atom. The summed E-state index contributed by atoms with van der Waals surface area (Å²) in [5, 5.41) is 0. The Labute approximate surface area is 371 Å². The smallest absolute Gasteiger partial charge is 0.306 e. The van der Waals surface area contributed by atoms with Gasteiger partial charge in [0.2, 0.25) is 0 Å². The first-order valence-electron chi connectivity index (χ1n) is 22.8. The highest BCUT2D eigenvalue weighted by Gasteiger charge is 2.19. The molecule has 0 N–H and O–H groups in total. The fourth-order valence-electron chi connectivity index (χ4n) is 5.20. The van der Waals surface area contributed by atoms with Gasteiger partial charge in [0.05, 0.1) is 0 Å². The summed E-state index contributed by atoms with van der Waals surface area (Å²) in [6.45, 7) is 6.05. The van der Waals surface area contributed by atoms with E-state index in [0.29, 0.717) is 19.3 Å². The van der Waals surface area contributed by atoms with Crippen molar-refractivity contribution in [3.63, 3.8) is 0 Å². The first-order valence-corrected chi connectivity index (χ1v) is 22.8. The minimum absolute atomic E-state index is 0.139. The van der Waals surface area contributed by atoms with Gasteiger partial charge in [-0.05, 0) is 77.0 Å². The van der Waals surface area contributed by atoms with Crippen molar-refractivity contribution in [1.82, 2.24) is 0 Å². The number of carbonyl (C=O) groups is 3. The van der Waals surface area contributed by atoms with Crippen molar-refractivity contribution < 1.29 is 28.6 Å². The normalized spacial score (nSPS) is 13.7. The Bertz CT molecular complexity index is 1520. The van der Waals surface area contributed by atoms with E-state index in [2.05, 4.69) is 57.2 Å². The van der Waals surface area contributed by atoms with Crippen molar-refractivity contribution in [3.05, 3.63) is 170 Å². The average Bonchev–Trinajstić information content (AvgIpc) is 3.26. The molecule has 0 aliphatic heterocycles. The molecule has 0 aliphatic rings. The van der Waals surface area contributed by atoms with Gasteiger partial charge >= 0.3 is 17.9 Å². The van der Waals surface area contributed by atoms with Crippen molar-refractivity contribution in [2.24, 2.45) is 0 Å². The first-order chi connectivity index (χ1) is 30.0. The summed E-state index contributed by atoms with van der Waals surface area (Å²) < 4.78 is 16.6. The molecule has 0 amide bonds. The van der Waals surface area contributed by atoms with Crippen LogP contribution in [0.3, 0.4) is 0 Å². The first kappa shape index (κ1) is 55.8. The summed E-state index contributed by atoms with van der Waals surface area (Å²) in [4.78, 5) is 37.8. The lowest BCUT2D eigenvalue weighted by Crippen LogP contribution is -2.30. The van der Waals surface area contributed by atoms with Gasteiger partial charge in [-0.2, -0.15) is 0 Å². The van der Waals surface area contributed by atoms with Crippen molar-refractivity contribution in [3.8, 4) is 0 Å². The van der Waals surface area contributed by atoms with E-state index in [1.165, 1.54) is 0 Å². The molecule has 6 nitrogen and oxygen atoms in total. The van der Waals surface area contributed by atoms with Crippen LogP contribution in [0.5, 0.6) is 0 Å². The predicted molar refractivity (Wildman–Crippen MR) is 260 cm³/mol. The second-order valence-electron chi connectivity index (χ2n) is 14.1. The van der Waals surface area contributed by atoms with Crippen LogP contribution in [0.4, 0.5) is 0 Å². The zero-order valence-corrected chi connectivity index (χ0v) is 37.8. The number of ether oxygens (including phenoxy) is 3. The van der Waals surface area contributed by atoms with E-state index in [1.54, 1.807) is 0 Å². The van der Waals surface area contributed by atoms with Crippen LogP contribution in [0.15, 0.2) is 170 Å². The zero-order chi connectivity index (χ0) is 44.4. The number of esters is 3. The molecule has 334 valence electrons. The van der Waals surface area contributed by atoms with E-state index in [0.717, 1.165) is 77.0 Å². The van der Waals surface area contributed by atoms with Gasteiger partial charge in [0.1, 0.15) is 13.2 Å². The molecule has 0 saturated heterocycles. The summed E-state index contributed by atoms with van der Waals surface area (Å²) in [7, 11) is 0. The molecule has 0 radical (unpaired) electrons. The second-order valence-corrected chi connectivity index (χ2v) is 14.1. The molecule has 1 unspecified atom stereocenters. The highest BCUT2D eigenvalue weighted by atomic mass is 16.6. The topological polar surface area (TPSA) is 78.9 Å². The third-order valence-corrected chi connectivity index (χ3v) is 8.55. The van der Waals surface area contributed by atoms with E-state index in [9.17, 15) is 14.4 Å². The van der Waals surface area contributed by atoms with Crippen LogP contribution in [0.25, 0.3) is 0 Å². The number of rotatable bonds is 37. The Morgan fingerprint density at radius 2 is 0.590 bits per heavy atom. The monoisotopic (exact) mass is 835 g/mol. The lowest BCUT2D eigenvalue weighted by Gasteiger charge is -2.18. The molecule has 1 atom stereocenters. The van der Waals surface area contributed by atoms with E-state index < -0.39 is 6.10 Å². The molecule has 0 aromatic rings. The van der Waals surface area contributed by atoms with Crippen LogP contribution in [-0.4, -0.2) is 37.2 Å². The third-order valence-electron chi connectivity index (χ3n) is 8.55. The highest BCUT2D eigenvalue weighted by Crippen LogP contribution is 2.10. The lowest BCUT2D eigenvalue weighted by molar-refractivity contribution is -0.167. The maximum atomic E-state index is 12.7. The minimum atomic E-state index is -0.841. The van der Waals surface area contributed by atoms with Gasteiger partial charge in [-0.25, -0.2) is 0 Å². The summed E-state index contributed by atoms with van der Waals surface area (Å²) in [6, 6.07) is 0. The van der Waals surface area contributed by atoms with Crippen molar-refractivity contribution in [2.45, 2.75) is 142 Å². The number of hydrogen-bond acceptors (Lipinski definition) is 6. The van der Waals surface area contributed by atoms with Gasteiger partial charge in [0.15, 0.2) is 6.10 Å². The molecule has 0 aromatic carbocycles. The van der Waals surface area contributed by atoms with Crippen LogP contribution in [0.1, 0.15) is 136 Å². The van der Waals surface area contributed by atoms with Crippen LogP contribution in [0.2, 0.25) is 0 Å². The second kappa shape index (κ2) is 47.4. The van der Waals surface area contributed by atoms with Crippen molar-refractivity contribution in [1.29, 1.82) is 0 Å². The molecule has 0 saturated carbocycles. The molecule has 0 fully saturated rings.